The standard InChI is InChI=1S/C12H12N6O3S/c13-9-6-11(17-18-14)12(22(19,20)21)7-10(9)16-15-8-4-2-1-3-5-8/h1-7H,13H2,(H2,14,17)(H,19,20,21). The Balaban J connectivity index is 2.51. The smallest absolute Gasteiger partial charge is 0.296 e. The molecule has 2 aromatic carbocycles. The Hall–Kier alpha value is -2.85. The molecule has 114 valence electrons. The summed E-state index contributed by atoms with van der Waals surface area (Å²) < 4.78 is 31.9. The van der Waals surface area contributed by atoms with Crippen LogP contribution in [0.4, 0.5) is 22.7 Å². The monoisotopic (exact) mass is 320 g/mol. The molecule has 0 bridgehead atoms. The van der Waals surface area contributed by atoms with Crippen LogP contribution in [0.5, 0.6) is 0 Å². The maximum absolute atomic E-state index is 11.4. The molecule has 0 unspecified atom stereocenters. The average molecular weight is 320 g/mol. The van der Waals surface area contributed by atoms with Crippen LogP contribution in [-0.4, -0.2) is 13.0 Å². The molecule has 0 atom stereocenters. The van der Waals surface area contributed by atoms with Gasteiger partial charge in [0.05, 0.1) is 11.4 Å². The zero-order chi connectivity index (χ0) is 16.2. The van der Waals surface area contributed by atoms with Crippen LogP contribution in [-0.2, 0) is 10.1 Å². The number of nitrogen functional groups attached to an aromatic ring is 1. The molecular formula is C12H12N6O3S. The fraction of sp³-hybridized carbons (Fsp3) is 0. The second-order valence-corrected chi connectivity index (χ2v) is 5.49. The fourth-order valence-corrected chi connectivity index (χ4v) is 2.24. The molecule has 0 radical (unpaired) electrons. The number of nitrogens with zero attached hydrogens (tertiary/aromatic N) is 4. The highest BCUT2D eigenvalue weighted by atomic mass is 32.2. The molecule has 0 spiro atoms. The average Bonchev–Trinajstić information content (AvgIpc) is 2.46. The van der Waals surface area contributed by atoms with Gasteiger partial charge >= 0.3 is 0 Å². The van der Waals surface area contributed by atoms with Crippen molar-refractivity contribution in [1.82, 2.24) is 0 Å². The van der Waals surface area contributed by atoms with Crippen molar-refractivity contribution in [3.05, 3.63) is 42.5 Å². The second kappa shape index (κ2) is 6.28. The van der Waals surface area contributed by atoms with Crippen LogP contribution in [0.25, 0.3) is 0 Å². The van der Waals surface area contributed by atoms with Crippen LogP contribution in [0.1, 0.15) is 0 Å². The normalized spacial score (nSPS) is 12.2. The van der Waals surface area contributed by atoms with Crippen molar-refractivity contribution >= 4 is 32.9 Å². The number of hydrogen-bond acceptors (Lipinski definition) is 7. The van der Waals surface area contributed by atoms with E-state index in [1.54, 1.807) is 24.3 Å². The minimum atomic E-state index is -4.54. The van der Waals surface area contributed by atoms with E-state index in [9.17, 15) is 13.0 Å². The van der Waals surface area contributed by atoms with Crippen LogP contribution in [0.2, 0.25) is 0 Å². The molecular weight excluding hydrogens is 308 g/mol. The van der Waals surface area contributed by atoms with E-state index in [4.69, 9.17) is 11.6 Å². The lowest BCUT2D eigenvalue weighted by atomic mass is 10.2. The highest BCUT2D eigenvalue weighted by Gasteiger charge is 2.18. The van der Waals surface area contributed by atoms with E-state index in [2.05, 4.69) is 20.6 Å². The van der Waals surface area contributed by atoms with Gasteiger partial charge in [-0.1, -0.05) is 23.4 Å². The van der Waals surface area contributed by atoms with Crippen LogP contribution < -0.4 is 11.6 Å². The van der Waals surface area contributed by atoms with Gasteiger partial charge in [0.1, 0.15) is 16.3 Å². The van der Waals surface area contributed by atoms with Gasteiger partial charge in [0.25, 0.3) is 10.1 Å². The van der Waals surface area contributed by atoms with E-state index in [1.165, 1.54) is 6.07 Å². The van der Waals surface area contributed by atoms with Crippen molar-refractivity contribution < 1.29 is 13.0 Å². The molecule has 0 aromatic heterocycles. The highest BCUT2D eigenvalue weighted by molar-refractivity contribution is 7.86. The summed E-state index contributed by atoms with van der Waals surface area (Å²) in [7, 11) is -4.54. The lowest BCUT2D eigenvalue weighted by Crippen LogP contribution is -2.00. The number of azo groups is 1. The van der Waals surface area contributed by atoms with Crippen molar-refractivity contribution in [3.63, 3.8) is 0 Å². The summed E-state index contributed by atoms with van der Waals surface area (Å²) in [5.41, 5.74) is 6.29. The maximum atomic E-state index is 11.4. The molecule has 0 saturated heterocycles. The first-order valence-electron chi connectivity index (χ1n) is 5.90. The Kier molecular flexibility index (Phi) is 4.44. The first-order chi connectivity index (χ1) is 10.4. The van der Waals surface area contributed by atoms with E-state index in [0.29, 0.717) is 5.69 Å². The number of benzene rings is 2. The lowest BCUT2D eigenvalue weighted by Gasteiger charge is -2.05. The number of rotatable bonds is 4. The van der Waals surface area contributed by atoms with E-state index in [1.807, 2.05) is 6.07 Å². The van der Waals surface area contributed by atoms with Crippen molar-refractivity contribution in [2.75, 3.05) is 5.73 Å². The Labute approximate surface area is 126 Å². The molecule has 22 heavy (non-hydrogen) atoms. The third-order valence-corrected chi connectivity index (χ3v) is 3.46. The summed E-state index contributed by atoms with van der Waals surface area (Å²) in [4.78, 5) is -0.516. The molecule has 2 aromatic rings. The Morgan fingerprint density at radius 2 is 1.64 bits per heavy atom. The molecule has 2 rings (SSSR count). The second-order valence-electron chi connectivity index (χ2n) is 4.10. The van der Waals surface area contributed by atoms with Gasteiger partial charge in [0.15, 0.2) is 0 Å². The fourth-order valence-electron chi connectivity index (χ4n) is 1.61. The van der Waals surface area contributed by atoms with Gasteiger partial charge in [-0.2, -0.15) is 13.5 Å². The minimum Gasteiger partial charge on any atom is -0.397 e. The summed E-state index contributed by atoms with van der Waals surface area (Å²) in [6, 6.07) is 11.0. The summed E-state index contributed by atoms with van der Waals surface area (Å²) in [5.74, 6) is 4.89. The predicted octanol–water partition coefficient (Wildman–Crippen LogP) is 2.89. The molecule has 9 nitrogen and oxygen atoms in total. The zero-order valence-electron chi connectivity index (χ0n) is 11.2. The number of anilines is 1. The largest absolute Gasteiger partial charge is 0.397 e. The topological polar surface area (TPSA) is 156 Å². The minimum absolute atomic E-state index is 0.0625. The van der Waals surface area contributed by atoms with E-state index in [-0.39, 0.29) is 17.1 Å². The maximum Gasteiger partial charge on any atom is 0.296 e. The molecule has 5 N–H and O–H groups in total. The lowest BCUT2D eigenvalue weighted by molar-refractivity contribution is 0.483. The predicted molar refractivity (Wildman–Crippen MR) is 80.0 cm³/mol. The number of nitrogens with two attached hydrogens (primary N) is 2. The summed E-state index contributed by atoms with van der Waals surface area (Å²) in [6.45, 7) is 0. The Morgan fingerprint density at radius 3 is 2.23 bits per heavy atom. The van der Waals surface area contributed by atoms with Crippen LogP contribution in [0.15, 0.2) is 67.9 Å². The molecule has 10 heteroatoms. The van der Waals surface area contributed by atoms with E-state index < -0.39 is 15.0 Å². The summed E-state index contributed by atoms with van der Waals surface area (Å²) in [5, 5.41) is 14.2. The van der Waals surface area contributed by atoms with E-state index >= 15 is 0 Å². The summed E-state index contributed by atoms with van der Waals surface area (Å²) >= 11 is 0. The SMILES string of the molecule is NN=Nc1cc(N)c(N=Nc2ccccc2)cc1S(=O)(=O)O. The van der Waals surface area contributed by atoms with E-state index in [0.717, 1.165) is 6.07 Å². The van der Waals surface area contributed by atoms with Gasteiger partial charge in [-0.25, -0.2) is 0 Å². The molecule has 0 aliphatic heterocycles. The first-order valence-corrected chi connectivity index (χ1v) is 7.34. The van der Waals surface area contributed by atoms with Crippen LogP contribution in [0.3, 0.4) is 0 Å². The van der Waals surface area contributed by atoms with Crippen molar-refractivity contribution in [2.45, 2.75) is 4.90 Å². The number of hydrogen-bond donors (Lipinski definition) is 3. The van der Waals surface area contributed by atoms with Gasteiger partial charge < -0.3 is 11.6 Å². The van der Waals surface area contributed by atoms with Gasteiger partial charge in [-0.05, 0) is 24.3 Å². The van der Waals surface area contributed by atoms with Gasteiger partial charge in [-0.15, -0.1) is 10.2 Å². The van der Waals surface area contributed by atoms with Gasteiger partial charge in [0, 0.05) is 0 Å². The van der Waals surface area contributed by atoms with Gasteiger partial charge in [0.2, 0.25) is 0 Å². The van der Waals surface area contributed by atoms with Crippen molar-refractivity contribution in [2.24, 2.45) is 26.4 Å². The Morgan fingerprint density at radius 1 is 0.955 bits per heavy atom. The van der Waals surface area contributed by atoms with Crippen LogP contribution >= 0.6 is 0 Å². The van der Waals surface area contributed by atoms with Crippen molar-refractivity contribution in [3.8, 4) is 0 Å². The highest BCUT2D eigenvalue weighted by Crippen LogP contribution is 2.35. The first kappa shape index (κ1) is 15.5. The summed E-state index contributed by atoms with van der Waals surface area (Å²) in [6.07, 6.45) is 0. The zero-order valence-corrected chi connectivity index (χ0v) is 12.0. The third kappa shape index (κ3) is 3.62. The van der Waals surface area contributed by atoms with Crippen molar-refractivity contribution in [1.29, 1.82) is 0 Å². The van der Waals surface area contributed by atoms with Gasteiger partial charge in [-0.3, -0.25) is 4.55 Å². The third-order valence-electron chi connectivity index (χ3n) is 2.58. The molecule has 0 heterocycles. The van der Waals surface area contributed by atoms with Crippen LogP contribution in [0, 0.1) is 0 Å². The molecule has 0 fully saturated rings. The quantitative estimate of drug-likeness (QED) is 0.259. The molecule has 0 aliphatic carbocycles. The molecule has 0 aliphatic rings. The Bertz CT molecular complexity index is 833. The molecule has 0 amide bonds. The molecule has 0 saturated carbocycles.